The van der Waals surface area contributed by atoms with Gasteiger partial charge in [0.05, 0.1) is 5.60 Å². The van der Waals surface area contributed by atoms with Gasteiger partial charge in [-0.15, -0.1) is 0 Å². The largest absolute Gasteiger partial charge is 0.374 e. The molecule has 1 spiro atoms. The van der Waals surface area contributed by atoms with Gasteiger partial charge in [0.1, 0.15) is 0 Å². The smallest absolute Gasteiger partial charge is 0.0783 e. The van der Waals surface area contributed by atoms with E-state index >= 15 is 0 Å². The van der Waals surface area contributed by atoms with Crippen LogP contribution in [0, 0.1) is 9.49 Å². The summed E-state index contributed by atoms with van der Waals surface area (Å²) in [4.78, 5) is 0. The number of benzene rings is 1. The Bertz CT molecular complexity index is 493. The van der Waals surface area contributed by atoms with Gasteiger partial charge in [0, 0.05) is 26.4 Å². The van der Waals surface area contributed by atoms with Gasteiger partial charge in [-0.25, -0.2) is 0 Å². The van der Waals surface area contributed by atoms with Crippen molar-refractivity contribution in [3.63, 3.8) is 0 Å². The SMILES string of the molecule is NC(c1cc(Br)ccc1I)C1CCOC2(CCSC2)C1. The molecule has 2 aliphatic heterocycles. The Morgan fingerprint density at radius 3 is 3.10 bits per heavy atom. The Kier molecular flexibility index (Phi) is 5.02. The highest BCUT2D eigenvalue weighted by molar-refractivity contribution is 14.1. The normalized spacial score (nSPS) is 31.6. The third-order valence-electron chi connectivity index (χ3n) is 4.42. The Morgan fingerprint density at radius 1 is 1.50 bits per heavy atom. The zero-order valence-electron chi connectivity index (χ0n) is 11.3. The number of nitrogens with two attached hydrogens (primary N) is 1. The Labute approximate surface area is 146 Å². The Hall–Kier alpha value is 0.700. The molecule has 20 heavy (non-hydrogen) atoms. The average Bonchev–Trinajstić information content (AvgIpc) is 2.88. The fourth-order valence-corrected chi connectivity index (χ4v) is 5.71. The first-order chi connectivity index (χ1) is 9.60. The number of halogens is 2. The lowest BCUT2D eigenvalue weighted by atomic mass is 9.79. The van der Waals surface area contributed by atoms with Crippen molar-refractivity contribution < 1.29 is 4.74 Å². The van der Waals surface area contributed by atoms with Gasteiger partial charge in [0.25, 0.3) is 0 Å². The van der Waals surface area contributed by atoms with Crippen LogP contribution < -0.4 is 5.73 Å². The van der Waals surface area contributed by atoms with Crippen LogP contribution in [0.5, 0.6) is 0 Å². The van der Waals surface area contributed by atoms with Crippen LogP contribution >= 0.6 is 50.3 Å². The molecule has 2 saturated heterocycles. The quantitative estimate of drug-likeness (QED) is 0.656. The van der Waals surface area contributed by atoms with E-state index in [2.05, 4.69) is 56.7 Å². The molecule has 0 aromatic heterocycles. The van der Waals surface area contributed by atoms with Gasteiger partial charge in [0.15, 0.2) is 0 Å². The van der Waals surface area contributed by atoms with Gasteiger partial charge < -0.3 is 10.5 Å². The zero-order chi connectivity index (χ0) is 14.2. The number of rotatable bonds is 2. The summed E-state index contributed by atoms with van der Waals surface area (Å²) in [6, 6.07) is 6.51. The predicted molar refractivity (Wildman–Crippen MR) is 97.1 cm³/mol. The monoisotopic (exact) mass is 467 g/mol. The minimum absolute atomic E-state index is 0.114. The number of hydrogen-bond donors (Lipinski definition) is 1. The molecule has 0 amide bonds. The van der Waals surface area contributed by atoms with E-state index < -0.39 is 0 Å². The lowest BCUT2D eigenvalue weighted by molar-refractivity contribution is -0.0834. The van der Waals surface area contributed by atoms with E-state index in [-0.39, 0.29) is 11.6 Å². The van der Waals surface area contributed by atoms with Gasteiger partial charge >= 0.3 is 0 Å². The second kappa shape index (κ2) is 6.44. The molecule has 2 aliphatic rings. The summed E-state index contributed by atoms with van der Waals surface area (Å²) in [5, 5.41) is 0. The molecule has 3 atom stereocenters. The maximum atomic E-state index is 6.60. The summed E-state index contributed by atoms with van der Waals surface area (Å²) < 4.78 is 8.49. The molecular formula is C15H19BrINOS. The van der Waals surface area contributed by atoms with E-state index in [1.807, 2.05) is 11.8 Å². The summed E-state index contributed by atoms with van der Waals surface area (Å²) in [6.45, 7) is 0.865. The molecule has 2 fully saturated rings. The van der Waals surface area contributed by atoms with Gasteiger partial charge in [-0.3, -0.25) is 0 Å². The first kappa shape index (κ1) is 15.6. The highest BCUT2D eigenvalue weighted by Gasteiger charge is 2.42. The third-order valence-corrected chi connectivity index (χ3v) is 7.12. The van der Waals surface area contributed by atoms with Crippen molar-refractivity contribution in [2.24, 2.45) is 11.7 Å². The zero-order valence-corrected chi connectivity index (χ0v) is 15.8. The minimum Gasteiger partial charge on any atom is -0.374 e. The van der Waals surface area contributed by atoms with E-state index in [4.69, 9.17) is 10.5 Å². The van der Waals surface area contributed by atoms with Crippen molar-refractivity contribution in [1.29, 1.82) is 0 Å². The highest BCUT2D eigenvalue weighted by atomic mass is 127. The molecule has 1 aromatic rings. The maximum absolute atomic E-state index is 6.60. The van der Waals surface area contributed by atoms with Crippen LogP contribution in [0.15, 0.2) is 22.7 Å². The number of thioether (sulfide) groups is 1. The van der Waals surface area contributed by atoms with E-state index in [1.54, 1.807) is 0 Å². The third kappa shape index (κ3) is 3.21. The molecule has 3 unspecified atom stereocenters. The molecule has 1 aromatic carbocycles. The highest BCUT2D eigenvalue weighted by Crippen LogP contribution is 2.44. The van der Waals surface area contributed by atoms with E-state index in [0.717, 1.165) is 29.7 Å². The standard InChI is InChI=1S/C15H19BrINOS/c16-11-1-2-13(17)12(7-11)14(18)10-3-5-19-15(8-10)4-6-20-9-15/h1-2,7,10,14H,3-6,8-9,18H2. The molecule has 2 heterocycles. The van der Waals surface area contributed by atoms with Gasteiger partial charge in [0.2, 0.25) is 0 Å². The Morgan fingerprint density at radius 2 is 2.35 bits per heavy atom. The first-order valence-corrected chi connectivity index (χ1v) is 10.0. The van der Waals surface area contributed by atoms with E-state index in [9.17, 15) is 0 Å². The van der Waals surface area contributed by atoms with Crippen molar-refractivity contribution in [2.75, 3.05) is 18.1 Å². The molecule has 5 heteroatoms. The number of ether oxygens (including phenoxy) is 1. The van der Waals surface area contributed by atoms with E-state index in [1.165, 1.54) is 21.3 Å². The molecule has 0 bridgehead atoms. The molecule has 2 N–H and O–H groups in total. The van der Waals surface area contributed by atoms with Crippen LogP contribution in [-0.2, 0) is 4.74 Å². The molecule has 2 nitrogen and oxygen atoms in total. The van der Waals surface area contributed by atoms with Crippen LogP contribution in [-0.4, -0.2) is 23.7 Å². The van der Waals surface area contributed by atoms with E-state index in [0.29, 0.717) is 5.92 Å². The van der Waals surface area contributed by atoms with Gasteiger partial charge in [-0.2, -0.15) is 11.8 Å². The van der Waals surface area contributed by atoms with Crippen LogP contribution in [0.25, 0.3) is 0 Å². The molecular weight excluding hydrogens is 449 g/mol. The van der Waals surface area contributed by atoms with Crippen molar-refractivity contribution in [3.05, 3.63) is 31.8 Å². The summed E-state index contributed by atoms with van der Waals surface area (Å²) in [6.07, 6.45) is 3.39. The summed E-state index contributed by atoms with van der Waals surface area (Å²) >= 11 is 7.97. The maximum Gasteiger partial charge on any atom is 0.0783 e. The summed E-state index contributed by atoms with van der Waals surface area (Å²) in [5.74, 6) is 2.91. The van der Waals surface area contributed by atoms with Crippen LogP contribution in [0.4, 0.5) is 0 Å². The first-order valence-electron chi connectivity index (χ1n) is 7.02. The lowest BCUT2D eigenvalue weighted by Gasteiger charge is -2.40. The summed E-state index contributed by atoms with van der Waals surface area (Å²) in [7, 11) is 0. The summed E-state index contributed by atoms with van der Waals surface area (Å²) in [5.41, 5.74) is 7.99. The van der Waals surface area contributed by atoms with Crippen molar-refractivity contribution in [1.82, 2.24) is 0 Å². The van der Waals surface area contributed by atoms with Gasteiger partial charge in [-0.05, 0) is 77.3 Å². The lowest BCUT2D eigenvalue weighted by Crippen LogP contribution is -2.42. The second-order valence-corrected chi connectivity index (χ2v) is 8.96. The topological polar surface area (TPSA) is 35.2 Å². The van der Waals surface area contributed by atoms with Crippen molar-refractivity contribution in [2.45, 2.75) is 30.9 Å². The molecule has 0 radical (unpaired) electrons. The second-order valence-electron chi connectivity index (χ2n) is 5.78. The molecule has 3 rings (SSSR count). The van der Waals surface area contributed by atoms with Gasteiger partial charge in [-0.1, -0.05) is 15.9 Å². The van der Waals surface area contributed by atoms with Crippen LogP contribution in [0.1, 0.15) is 30.9 Å². The van der Waals surface area contributed by atoms with Crippen LogP contribution in [0.3, 0.4) is 0 Å². The Balaban J connectivity index is 1.79. The molecule has 110 valence electrons. The van der Waals surface area contributed by atoms with Crippen molar-refractivity contribution >= 4 is 50.3 Å². The van der Waals surface area contributed by atoms with Crippen LogP contribution in [0.2, 0.25) is 0 Å². The van der Waals surface area contributed by atoms with Crippen molar-refractivity contribution in [3.8, 4) is 0 Å². The fraction of sp³-hybridized carbons (Fsp3) is 0.600. The average molecular weight is 468 g/mol. The molecule has 0 aliphatic carbocycles. The number of hydrogen-bond acceptors (Lipinski definition) is 3. The molecule has 0 saturated carbocycles. The predicted octanol–water partition coefficient (Wildman–Crippen LogP) is 4.36. The fourth-order valence-electron chi connectivity index (χ4n) is 3.26. The minimum atomic E-state index is 0.114.